The van der Waals surface area contributed by atoms with E-state index < -0.39 is 0 Å². The summed E-state index contributed by atoms with van der Waals surface area (Å²) >= 11 is 1.68. The van der Waals surface area contributed by atoms with E-state index in [1.54, 1.807) is 17.8 Å². The summed E-state index contributed by atoms with van der Waals surface area (Å²) in [7, 11) is 0. The molecule has 0 atom stereocenters. The zero-order chi connectivity index (χ0) is 10.4. The Hall–Kier alpha value is -0.740. The molecule has 1 aromatic carbocycles. The second-order valence-electron chi connectivity index (χ2n) is 2.99. The molecule has 0 heterocycles. The van der Waals surface area contributed by atoms with Crippen LogP contribution in [-0.4, -0.2) is 17.5 Å². The number of hydrogen-bond acceptors (Lipinski definition) is 3. The SMILES string of the molecule is Nc1ccc(CSCCCO)cc1F. The van der Waals surface area contributed by atoms with Crippen LogP contribution < -0.4 is 5.73 Å². The number of aliphatic hydroxyl groups excluding tert-OH is 1. The van der Waals surface area contributed by atoms with Gasteiger partial charge in [-0.2, -0.15) is 11.8 Å². The van der Waals surface area contributed by atoms with Crippen LogP contribution in [0.1, 0.15) is 12.0 Å². The molecule has 0 unspecified atom stereocenters. The molecule has 0 saturated carbocycles. The standard InChI is InChI=1S/C10H14FNOS/c11-9-6-8(2-3-10(9)12)7-14-5-1-4-13/h2-3,6,13H,1,4-5,7,12H2. The molecule has 1 rings (SSSR count). The van der Waals surface area contributed by atoms with Crippen LogP contribution in [0.25, 0.3) is 0 Å². The lowest BCUT2D eigenvalue weighted by Gasteiger charge is -2.02. The number of anilines is 1. The fourth-order valence-electron chi connectivity index (χ4n) is 1.02. The Morgan fingerprint density at radius 1 is 1.43 bits per heavy atom. The van der Waals surface area contributed by atoms with Crippen LogP contribution in [0.4, 0.5) is 10.1 Å². The van der Waals surface area contributed by atoms with Crippen LogP contribution in [0.15, 0.2) is 18.2 Å². The minimum Gasteiger partial charge on any atom is -0.396 e. The highest BCUT2D eigenvalue weighted by molar-refractivity contribution is 7.98. The summed E-state index contributed by atoms with van der Waals surface area (Å²) in [4.78, 5) is 0. The lowest BCUT2D eigenvalue weighted by molar-refractivity contribution is 0.296. The lowest BCUT2D eigenvalue weighted by atomic mass is 10.2. The van der Waals surface area contributed by atoms with Crippen molar-refractivity contribution in [2.75, 3.05) is 18.1 Å². The van der Waals surface area contributed by atoms with E-state index in [0.29, 0.717) is 0 Å². The molecule has 0 saturated heterocycles. The van der Waals surface area contributed by atoms with Gasteiger partial charge in [-0.05, 0) is 29.9 Å². The van der Waals surface area contributed by atoms with E-state index in [1.165, 1.54) is 6.07 Å². The quantitative estimate of drug-likeness (QED) is 0.583. The number of thioether (sulfide) groups is 1. The van der Waals surface area contributed by atoms with Gasteiger partial charge < -0.3 is 10.8 Å². The Bertz CT molecular complexity index is 293. The molecule has 0 spiro atoms. The van der Waals surface area contributed by atoms with Gasteiger partial charge in [0.25, 0.3) is 0 Å². The van der Waals surface area contributed by atoms with E-state index in [0.717, 1.165) is 23.5 Å². The molecule has 0 fully saturated rings. The van der Waals surface area contributed by atoms with Gasteiger partial charge in [0.1, 0.15) is 5.82 Å². The van der Waals surface area contributed by atoms with E-state index in [4.69, 9.17) is 10.8 Å². The Kier molecular flexibility index (Phi) is 4.76. The monoisotopic (exact) mass is 215 g/mol. The van der Waals surface area contributed by atoms with Crippen LogP contribution in [-0.2, 0) is 5.75 Å². The Balaban J connectivity index is 2.39. The van der Waals surface area contributed by atoms with Crippen molar-refractivity contribution in [3.8, 4) is 0 Å². The lowest BCUT2D eigenvalue weighted by Crippen LogP contribution is -1.92. The fourth-order valence-corrected chi connectivity index (χ4v) is 1.91. The maximum atomic E-state index is 13.0. The first-order valence-electron chi connectivity index (χ1n) is 4.46. The minimum absolute atomic E-state index is 0.189. The van der Waals surface area contributed by atoms with Gasteiger partial charge in [-0.25, -0.2) is 4.39 Å². The summed E-state index contributed by atoms with van der Waals surface area (Å²) in [5, 5.41) is 8.55. The van der Waals surface area contributed by atoms with Crippen molar-refractivity contribution in [1.82, 2.24) is 0 Å². The zero-order valence-corrected chi connectivity index (χ0v) is 8.69. The summed E-state index contributed by atoms with van der Waals surface area (Å²) in [5.41, 5.74) is 6.47. The number of nitrogens with two attached hydrogens (primary N) is 1. The third kappa shape index (κ3) is 3.55. The Morgan fingerprint density at radius 2 is 2.21 bits per heavy atom. The molecular formula is C10H14FNOS. The van der Waals surface area contributed by atoms with E-state index in [2.05, 4.69) is 0 Å². The third-order valence-corrected chi connectivity index (χ3v) is 2.90. The van der Waals surface area contributed by atoms with Gasteiger partial charge in [0, 0.05) is 12.4 Å². The van der Waals surface area contributed by atoms with Crippen molar-refractivity contribution in [3.63, 3.8) is 0 Å². The van der Waals surface area contributed by atoms with Gasteiger partial charge >= 0.3 is 0 Å². The van der Waals surface area contributed by atoms with Gasteiger partial charge in [0.05, 0.1) is 5.69 Å². The van der Waals surface area contributed by atoms with Crippen LogP contribution in [0.2, 0.25) is 0 Å². The molecule has 0 aliphatic heterocycles. The van der Waals surface area contributed by atoms with Gasteiger partial charge in [-0.3, -0.25) is 0 Å². The van der Waals surface area contributed by atoms with Crippen molar-refractivity contribution in [2.45, 2.75) is 12.2 Å². The average Bonchev–Trinajstić information content (AvgIpc) is 2.18. The molecule has 78 valence electrons. The van der Waals surface area contributed by atoms with Crippen molar-refractivity contribution in [3.05, 3.63) is 29.6 Å². The average molecular weight is 215 g/mol. The first kappa shape index (κ1) is 11.3. The molecule has 4 heteroatoms. The van der Waals surface area contributed by atoms with Gasteiger partial charge in [-0.1, -0.05) is 6.07 Å². The van der Waals surface area contributed by atoms with Gasteiger partial charge in [0.2, 0.25) is 0 Å². The second kappa shape index (κ2) is 5.88. The van der Waals surface area contributed by atoms with E-state index >= 15 is 0 Å². The number of rotatable bonds is 5. The second-order valence-corrected chi connectivity index (χ2v) is 4.09. The highest BCUT2D eigenvalue weighted by Gasteiger charge is 1.99. The normalized spacial score (nSPS) is 10.4. The van der Waals surface area contributed by atoms with E-state index in [1.807, 2.05) is 6.07 Å². The van der Waals surface area contributed by atoms with Gasteiger partial charge in [-0.15, -0.1) is 0 Å². The van der Waals surface area contributed by atoms with Crippen LogP contribution in [0.5, 0.6) is 0 Å². The predicted octanol–water partition coefficient (Wildman–Crippen LogP) is 2.02. The molecule has 0 aliphatic rings. The van der Waals surface area contributed by atoms with Crippen LogP contribution in [0, 0.1) is 5.82 Å². The first-order valence-corrected chi connectivity index (χ1v) is 5.62. The molecule has 0 bridgehead atoms. The van der Waals surface area contributed by atoms with Crippen molar-refractivity contribution in [2.24, 2.45) is 0 Å². The number of aliphatic hydroxyl groups is 1. The molecule has 3 N–H and O–H groups in total. The van der Waals surface area contributed by atoms with Crippen molar-refractivity contribution >= 4 is 17.4 Å². The summed E-state index contributed by atoms with van der Waals surface area (Å²) < 4.78 is 13.0. The van der Waals surface area contributed by atoms with Gasteiger partial charge in [0.15, 0.2) is 0 Å². The molecule has 1 aromatic rings. The fraction of sp³-hybridized carbons (Fsp3) is 0.400. The predicted molar refractivity (Wildman–Crippen MR) is 58.7 cm³/mol. The highest BCUT2D eigenvalue weighted by atomic mass is 32.2. The van der Waals surface area contributed by atoms with Crippen molar-refractivity contribution in [1.29, 1.82) is 0 Å². The molecule has 2 nitrogen and oxygen atoms in total. The number of benzene rings is 1. The maximum Gasteiger partial charge on any atom is 0.146 e. The minimum atomic E-state index is -0.356. The largest absolute Gasteiger partial charge is 0.396 e. The zero-order valence-electron chi connectivity index (χ0n) is 7.87. The maximum absolute atomic E-state index is 13.0. The van der Waals surface area contributed by atoms with E-state index in [-0.39, 0.29) is 18.1 Å². The molecule has 0 amide bonds. The summed E-state index contributed by atoms with van der Waals surface area (Å²) in [6, 6.07) is 4.86. The molecule has 14 heavy (non-hydrogen) atoms. The smallest absolute Gasteiger partial charge is 0.146 e. The highest BCUT2D eigenvalue weighted by Crippen LogP contribution is 2.17. The molecule has 0 aliphatic carbocycles. The Morgan fingerprint density at radius 3 is 2.86 bits per heavy atom. The van der Waals surface area contributed by atoms with E-state index in [9.17, 15) is 4.39 Å². The summed E-state index contributed by atoms with van der Waals surface area (Å²) in [6.07, 6.45) is 0.780. The van der Waals surface area contributed by atoms with Crippen LogP contribution in [0.3, 0.4) is 0 Å². The molecule has 0 radical (unpaired) electrons. The molecule has 0 aromatic heterocycles. The summed E-state index contributed by atoms with van der Waals surface area (Å²) in [5.74, 6) is 1.30. The Labute approximate surface area is 87.3 Å². The number of nitrogen functional groups attached to an aromatic ring is 1. The topological polar surface area (TPSA) is 46.2 Å². The van der Waals surface area contributed by atoms with Crippen molar-refractivity contribution < 1.29 is 9.50 Å². The third-order valence-electron chi connectivity index (χ3n) is 1.78. The number of hydrogen-bond donors (Lipinski definition) is 2. The first-order chi connectivity index (χ1) is 6.74. The summed E-state index contributed by atoms with van der Waals surface area (Å²) in [6.45, 7) is 0.211. The number of halogens is 1. The van der Waals surface area contributed by atoms with Crippen LogP contribution >= 0.6 is 11.8 Å². The molecular weight excluding hydrogens is 201 g/mol.